The molecule has 0 aromatic heterocycles. The molecule has 0 radical (unpaired) electrons. The largest absolute Gasteiger partial charge is 0.352 e. The summed E-state index contributed by atoms with van der Waals surface area (Å²) in [5.74, 6) is -0.919. The van der Waals surface area contributed by atoms with Gasteiger partial charge in [-0.25, -0.2) is 8.42 Å². The Balaban J connectivity index is 2.07. The van der Waals surface area contributed by atoms with Crippen molar-refractivity contribution >= 4 is 62.3 Å². The molecule has 0 aliphatic heterocycles. The molecular weight excluding hydrogens is 593 g/mol. The van der Waals surface area contributed by atoms with Crippen molar-refractivity contribution in [1.29, 1.82) is 0 Å². The molecule has 40 heavy (non-hydrogen) atoms. The van der Waals surface area contributed by atoms with Crippen LogP contribution in [0.5, 0.6) is 0 Å². The fraction of sp³-hybridized carbons (Fsp3) is 0.310. The molecule has 0 bridgehead atoms. The number of anilines is 1. The Morgan fingerprint density at radius 2 is 1.50 bits per heavy atom. The number of carbonyl (C=O) groups is 2. The van der Waals surface area contributed by atoms with E-state index in [4.69, 9.17) is 34.8 Å². The number of benzene rings is 3. The third-order valence-corrected chi connectivity index (χ3v) is 9.29. The van der Waals surface area contributed by atoms with Gasteiger partial charge in [0.25, 0.3) is 10.0 Å². The van der Waals surface area contributed by atoms with Crippen molar-refractivity contribution in [2.45, 2.75) is 57.1 Å². The van der Waals surface area contributed by atoms with E-state index >= 15 is 0 Å². The minimum absolute atomic E-state index is 0.000285. The van der Waals surface area contributed by atoms with E-state index in [1.54, 1.807) is 61.5 Å². The van der Waals surface area contributed by atoms with Gasteiger partial charge in [-0.3, -0.25) is 13.9 Å². The van der Waals surface area contributed by atoms with E-state index in [2.05, 4.69) is 5.32 Å². The van der Waals surface area contributed by atoms with Crippen LogP contribution < -0.4 is 9.62 Å². The zero-order chi connectivity index (χ0) is 29.4. The van der Waals surface area contributed by atoms with Gasteiger partial charge in [-0.2, -0.15) is 0 Å². The van der Waals surface area contributed by atoms with Crippen molar-refractivity contribution in [1.82, 2.24) is 10.2 Å². The minimum atomic E-state index is -4.20. The topological polar surface area (TPSA) is 86.8 Å². The first-order valence-corrected chi connectivity index (χ1v) is 15.4. The van der Waals surface area contributed by atoms with Crippen LogP contribution in [0.25, 0.3) is 0 Å². The second-order valence-corrected chi connectivity index (χ2v) is 12.4. The molecule has 0 saturated carbocycles. The van der Waals surface area contributed by atoms with Crippen molar-refractivity contribution in [2.75, 3.05) is 10.8 Å². The van der Waals surface area contributed by atoms with Crippen molar-refractivity contribution in [3.8, 4) is 0 Å². The lowest BCUT2D eigenvalue weighted by molar-refractivity contribution is -0.140. The number of sulfonamides is 1. The average molecular weight is 625 g/mol. The summed E-state index contributed by atoms with van der Waals surface area (Å²) in [7, 11) is -4.20. The Hall–Kier alpha value is -2.78. The van der Waals surface area contributed by atoms with Crippen LogP contribution in [0.3, 0.4) is 0 Å². The van der Waals surface area contributed by atoms with Crippen LogP contribution in [0.15, 0.2) is 77.7 Å². The third-order valence-electron chi connectivity index (χ3n) is 6.46. The predicted molar refractivity (Wildman–Crippen MR) is 161 cm³/mol. The Morgan fingerprint density at radius 3 is 2.10 bits per heavy atom. The molecular formula is C29H32Cl3N3O4S. The molecule has 2 amide bonds. The molecule has 0 saturated heterocycles. The van der Waals surface area contributed by atoms with Crippen LogP contribution in [0.2, 0.25) is 15.1 Å². The number of halogens is 3. The molecule has 1 N–H and O–H groups in total. The summed E-state index contributed by atoms with van der Waals surface area (Å²) in [4.78, 5) is 28.8. The summed E-state index contributed by atoms with van der Waals surface area (Å²) >= 11 is 18.8. The van der Waals surface area contributed by atoms with Crippen LogP contribution in [0, 0.1) is 0 Å². The first-order valence-electron chi connectivity index (χ1n) is 12.9. The Bertz CT molecular complexity index is 1440. The van der Waals surface area contributed by atoms with Crippen molar-refractivity contribution in [2.24, 2.45) is 0 Å². The highest BCUT2D eigenvalue weighted by molar-refractivity contribution is 7.92. The molecule has 0 heterocycles. The Morgan fingerprint density at radius 1 is 0.850 bits per heavy atom. The van der Waals surface area contributed by atoms with Crippen molar-refractivity contribution in [3.05, 3.63) is 93.4 Å². The van der Waals surface area contributed by atoms with E-state index < -0.39 is 28.5 Å². The summed E-state index contributed by atoms with van der Waals surface area (Å²) in [6, 6.07) is 18.2. The SMILES string of the molecule is CC[C@@H](C)NC(=O)[C@H](CC)N(Cc1ccc(Cl)c(Cl)c1)C(=O)CN(c1ccccc1Cl)S(=O)(=O)c1ccccc1. The number of nitrogens with zero attached hydrogens (tertiary/aromatic N) is 2. The van der Waals surface area contributed by atoms with E-state index in [-0.39, 0.29) is 34.1 Å². The van der Waals surface area contributed by atoms with Gasteiger partial charge in [0.15, 0.2) is 0 Å². The van der Waals surface area contributed by atoms with Crippen molar-refractivity contribution < 1.29 is 18.0 Å². The molecule has 7 nitrogen and oxygen atoms in total. The number of para-hydroxylation sites is 1. The minimum Gasteiger partial charge on any atom is -0.352 e. The van der Waals surface area contributed by atoms with Crippen LogP contribution in [-0.4, -0.2) is 43.8 Å². The van der Waals surface area contributed by atoms with E-state index in [9.17, 15) is 18.0 Å². The lowest BCUT2D eigenvalue weighted by Crippen LogP contribution is -2.53. The van der Waals surface area contributed by atoms with Gasteiger partial charge < -0.3 is 10.2 Å². The second-order valence-electron chi connectivity index (χ2n) is 9.29. The number of nitrogens with one attached hydrogen (secondary N) is 1. The molecule has 0 spiro atoms. The Kier molecular flexibility index (Phi) is 11.3. The maximum atomic E-state index is 14.1. The van der Waals surface area contributed by atoms with Gasteiger partial charge in [-0.1, -0.05) is 85.0 Å². The smallest absolute Gasteiger partial charge is 0.264 e. The maximum absolute atomic E-state index is 14.1. The first kappa shape index (κ1) is 31.7. The van der Waals surface area contributed by atoms with Gasteiger partial charge in [-0.05, 0) is 61.7 Å². The molecule has 3 aromatic rings. The Labute approximate surface area is 251 Å². The molecule has 0 aliphatic carbocycles. The number of hydrogen-bond acceptors (Lipinski definition) is 4. The highest BCUT2D eigenvalue weighted by atomic mass is 35.5. The second kappa shape index (κ2) is 14.2. The van der Waals surface area contributed by atoms with Crippen molar-refractivity contribution in [3.63, 3.8) is 0 Å². The van der Waals surface area contributed by atoms with Gasteiger partial charge in [0.1, 0.15) is 12.6 Å². The van der Waals surface area contributed by atoms with Gasteiger partial charge in [0, 0.05) is 12.6 Å². The molecule has 11 heteroatoms. The fourth-order valence-electron chi connectivity index (χ4n) is 4.08. The zero-order valence-corrected chi connectivity index (χ0v) is 25.6. The van der Waals surface area contributed by atoms with E-state index in [0.717, 1.165) is 4.31 Å². The number of rotatable bonds is 12. The maximum Gasteiger partial charge on any atom is 0.264 e. The first-order chi connectivity index (χ1) is 19.0. The molecule has 3 rings (SSSR count). The summed E-state index contributed by atoms with van der Waals surface area (Å²) in [5, 5.41) is 3.75. The van der Waals surface area contributed by atoms with Gasteiger partial charge in [0.05, 0.1) is 25.7 Å². The lowest BCUT2D eigenvalue weighted by Gasteiger charge is -2.34. The standard InChI is InChI=1S/C29H32Cl3N3O4S/c1-4-20(3)33-29(37)26(5-2)34(18-21-15-16-23(30)25(32)17-21)28(36)19-35(27-14-10-9-13-24(27)31)40(38,39)22-11-7-6-8-12-22/h6-17,20,26H,4-5,18-19H2,1-3H3,(H,33,37)/t20-,26+/m1/s1. The van der Waals surface area contributed by atoms with E-state index in [1.165, 1.54) is 23.1 Å². The number of amides is 2. The highest BCUT2D eigenvalue weighted by Crippen LogP contribution is 2.31. The average Bonchev–Trinajstić information content (AvgIpc) is 2.94. The van der Waals surface area contributed by atoms with Crippen LogP contribution >= 0.6 is 34.8 Å². The highest BCUT2D eigenvalue weighted by Gasteiger charge is 2.34. The molecule has 2 atom stereocenters. The third kappa shape index (κ3) is 7.69. The summed E-state index contributed by atoms with van der Waals surface area (Å²) in [5.41, 5.74) is 0.778. The van der Waals surface area contributed by atoms with Gasteiger partial charge in [0.2, 0.25) is 11.8 Å². The van der Waals surface area contributed by atoms with E-state index in [0.29, 0.717) is 28.5 Å². The molecule has 0 unspecified atom stereocenters. The normalized spacial score (nSPS) is 12.8. The number of hydrogen-bond donors (Lipinski definition) is 1. The summed E-state index contributed by atoms with van der Waals surface area (Å²) in [6.07, 6.45) is 1.01. The zero-order valence-electron chi connectivity index (χ0n) is 22.5. The van der Waals surface area contributed by atoms with Gasteiger partial charge >= 0.3 is 0 Å². The summed E-state index contributed by atoms with van der Waals surface area (Å²) in [6.45, 7) is 5.03. The number of carbonyl (C=O) groups excluding carboxylic acids is 2. The van der Waals surface area contributed by atoms with Crippen LogP contribution in [0.4, 0.5) is 5.69 Å². The van der Waals surface area contributed by atoms with E-state index in [1.807, 2.05) is 13.8 Å². The monoisotopic (exact) mass is 623 g/mol. The van der Waals surface area contributed by atoms with Crippen LogP contribution in [-0.2, 0) is 26.2 Å². The lowest BCUT2D eigenvalue weighted by atomic mass is 10.1. The summed E-state index contributed by atoms with van der Waals surface area (Å²) < 4.78 is 28.6. The predicted octanol–water partition coefficient (Wildman–Crippen LogP) is 6.56. The van der Waals surface area contributed by atoms with Crippen LogP contribution in [0.1, 0.15) is 39.2 Å². The molecule has 3 aromatic carbocycles. The molecule has 0 aliphatic rings. The fourth-order valence-corrected chi connectivity index (χ4v) is 6.14. The quantitative estimate of drug-likeness (QED) is 0.247. The molecule has 0 fully saturated rings. The van der Waals surface area contributed by atoms with Gasteiger partial charge in [-0.15, -0.1) is 0 Å². The molecule has 214 valence electrons.